The van der Waals surface area contributed by atoms with Crippen LogP contribution in [-0.4, -0.2) is 37.0 Å². The molecule has 0 aliphatic carbocycles. The average Bonchev–Trinajstić information content (AvgIpc) is 2.33. The maximum Gasteiger partial charge on any atom is 0.333 e. The van der Waals surface area contributed by atoms with Gasteiger partial charge in [-0.1, -0.05) is 12.7 Å². The number of carbonyl (C=O) groups excluding carboxylic acids is 1. The van der Waals surface area contributed by atoms with Gasteiger partial charge in [-0.05, 0) is 39.2 Å². The minimum absolute atomic E-state index is 0.297. The van der Waals surface area contributed by atoms with Gasteiger partial charge >= 0.3 is 5.97 Å². The molecular formula is C14H24O4. The molecule has 0 saturated heterocycles. The Hall–Kier alpha value is -1.13. The Morgan fingerprint density at radius 2 is 2.06 bits per heavy atom. The highest BCUT2D eigenvalue weighted by atomic mass is 16.5. The second-order valence-electron chi connectivity index (χ2n) is 4.25. The summed E-state index contributed by atoms with van der Waals surface area (Å²) < 4.78 is 10.1. The number of allylic oxidation sites excluding steroid dienone is 1. The third-order valence-electron chi connectivity index (χ3n) is 2.66. The van der Waals surface area contributed by atoms with Gasteiger partial charge in [0, 0.05) is 12.7 Å². The van der Waals surface area contributed by atoms with Crippen LogP contribution in [-0.2, 0) is 14.3 Å². The van der Waals surface area contributed by atoms with E-state index in [9.17, 15) is 9.90 Å². The van der Waals surface area contributed by atoms with Crippen molar-refractivity contribution < 1.29 is 19.4 Å². The predicted octanol–water partition coefficient (Wildman–Crippen LogP) is 2.23. The first-order valence-electron chi connectivity index (χ1n) is 6.14. The fourth-order valence-electron chi connectivity index (χ4n) is 1.51. The van der Waals surface area contributed by atoms with Crippen molar-refractivity contribution in [3.8, 4) is 0 Å². The summed E-state index contributed by atoms with van der Waals surface area (Å²) in [4.78, 5) is 11.3. The summed E-state index contributed by atoms with van der Waals surface area (Å²) in [5.74, 6) is -0.299. The topological polar surface area (TPSA) is 55.8 Å². The lowest BCUT2D eigenvalue weighted by atomic mass is 10.0. The van der Waals surface area contributed by atoms with E-state index in [4.69, 9.17) is 9.47 Å². The van der Waals surface area contributed by atoms with Crippen LogP contribution in [0.15, 0.2) is 23.8 Å². The number of hydrogen-bond acceptors (Lipinski definition) is 4. The van der Waals surface area contributed by atoms with Gasteiger partial charge in [-0.15, -0.1) is 0 Å². The molecule has 0 amide bonds. The summed E-state index contributed by atoms with van der Waals surface area (Å²) in [5, 5.41) is 9.81. The molecule has 0 aliphatic rings. The van der Waals surface area contributed by atoms with Gasteiger partial charge in [-0.25, -0.2) is 4.79 Å². The number of esters is 1. The van der Waals surface area contributed by atoms with Crippen molar-refractivity contribution in [2.24, 2.45) is 0 Å². The molecule has 0 heterocycles. The Labute approximate surface area is 109 Å². The fraction of sp³-hybridized carbons (Fsp3) is 0.643. The molecule has 0 bridgehead atoms. The molecule has 104 valence electrons. The van der Waals surface area contributed by atoms with Gasteiger partial charge in [0.15, 0.2) is 0 Å². The number of hydrogen-bond donors (Lipinski definition) is 1. The van der Waals surface area contributed by atoms with Crippen molar-refractivity contribution in [3.05, 3.63) is 23.8 Å². The van der Waals surface area contributed by atoms with Crippen LogP contribution in [0.2, 0.25) is 0 Å². The first kappa shape index (κ1) is 16.9. The molecule has 0 aromatic rings. The summed E-state index contributed by atoms with van der Waals surface area (Å²) in [7, 11) is 1.55. The summed E-state index contributed by atoms with van der Waals surface area (Å²) in [6, 6.07) is 0. The molecule has 0 rings (SSSR count). The van der Waals surface area contributed by atoms with Crippen LogP contribution >= 0.6 is 0 Å². The highest BCUT2D eigenvalue weighted by molar-refractivity contribution is 5.87. The normalized spacial score (nSPS) is 15.1. The monoisotopic (exact) mass is 256 g/mol. The molecule has 0 fully saturated rings. The zero-order valence-corrected chi connectivity index (χ0v) is 11.7. The summed E-state index contributed by atoms with van der Waals surface area (Å²) in [6.07, 6.45) is 2.10. The maximum absolute atomic E-state index is 11.3. The van der Waals surface area contributed by atoms with Crippen molar-refractivity contribution in [3.63, 3.8) is 0 Å². The molecule has 2 atom stereocenters. The van der Waals surface area contributed by atoms with Crippen LogP contribution in [0.25, 0.3) is 0 Å². The molecule has 2 unspecified atom stereocenters. The summed E-state index contributed by atoms with van der Waals surface area (Å²) in [6.45, 7) is 9.32. The van der Waals surface area contributed by atoms with Gasteiger partial charge in [0.2, 0.25) is 0 Å². The minimum atomic E-state index is -0.675. The molecule has 0 saturated carbocycles. The lowest BCUT2D eigenvalue weighted by molar-refractivity contribution is -0.138. The average molecular weight is 256 g/mol. The van der Waals surface area contributed by atoms with E-state index in [1.54, 1.807) is 34.0 Å². The van der Waals surface area contributed by atoms with Crippen LogP contribution in [0.4, 0.5) is 0 Å². The van der Waals surface area contributed by atoms with Crippen LogP contribution in [0.1, 0.15) is 33.6 Å². The third-order valence-corrected chi connectivity index (χ3v) is 2.66. The minimum Gasteiger partial charge on any atom is -0.463 e. The highest BCUT2D eigenvalue weighted by Crippen LogP contribution is 2.13. The van der Waals surface area contributed by atoms with Crippen LogP contribution in [0.3, 0.4) is 0 Å². The quantitative estimate of drug-likeness (QED) is 0.411. The zero-order valence-electron chi connectivity index (χ0n) is 11.7. The number of rotatable bonds is 8. The van der Waals surface area contributed by atoms with Crippen molar-refractivity contribution in [2.45, 2.75) is 45.8 Å². The van der Waals surface area contributed by atoms with E-state index in [1.807, 2.05) is 0 Å². The Balaban J connectivity index is 4.26. The molecule has 0 aromatic heterocycles. The lowest BCUT2D eigenvalue weighted by Gasteiger charge is -2.21. The lowest BCUT2D eigenvalue weighted by Crippen LogP contribution is -2.28. The van der Waals surface area contributed by atoms with Crippen molar-refractivity contribution in [1.82, 2.24) is 0 Å². The van der Waals surface area contributed by atoms with E-state index < -0.39 is 6.10 Å². The largest absolute Gasteiger partial charge is 0.463 e. The molecule has 0 radical (unpaired) electrons. The second-order valence-corrected chi connectivity index (χ2v) is 4.25. The second kappa shape index (κ2) is 8.89. The number of aliphatic hydroxyl groups excluding tert-OH is 1. The molecule has 4 nitrogen and oxygen atoms in total. The highest BCUT2D eigenvalue weighted by Gasteiger charge is 2.18. The Bertz CT molecular complexity index is 307. The molecule has 4 heteroatoms. The van der Waals surface area contributed by atoms with E-state index in [0.717, 1.165) is 0 Å². The van der Waals surface area contributed by atoms with Crippen molar-refractivity contribution in [1.29, 1.82) is 0 Å². The van der Waals surface area contributed by atoms with Gasteiger partial charge in [0.05, 0.1) is 12.7 Å². The molecule has 0 spiro atoms. The standard InChI is InChI=1S/C14H24O4/c1-6-18-14(16)11(4)8-7-9-12(17-5)13(15)10(2)3/h8,12-13,15H,2,6-7,9H2,1,3-5H3. The molecule has 18 heavy (non-hydrogen) atoms. The van der Waals surface area contributed by atoms with Crippen LogP contribution < -0.4 is 0 Å². The number of ether oxygens (including phenoxy) is 2. The Morgan fingerprint density at radius 3 is 2.50 bits per heavy atom. The van der Waals surface area contributed by atoms with E-state index in [0.29, 0.717) is 30.6 Å². The smallest absolute Gasteiger partial charge is 0.333 e. The first-order chi connectivity index (χ1) is 8.43. The Kier molecular flexibility index (Phi) is 8.33. The SMILES string of the molecule is C=C(C)C(O)C(CCC=C(C)C(=O)OCC)OC. The first-order valence-corrected chi connectivity index (χ1v) is 6.14. The van der Waals surface area contributed by atoms with E-state index in [-0.39, 0.29) is 12.1 Å². The molecule has 1 N–H and O–H groups in total. The Morgan fingerprint density at radius 1 is 1.44 bits per heavy atom. The third kappa shape index (κ3) is 5.98. The maximum atomic E-state index is 11.3. The van der Waals surface area contributed by atoms with Crippen molar-refractivity contribution >= 4 is 5.97 Å². The fourth-order valence-corrected chi connectivity index (χ4v) is 1.51. The van der Waals surface area contributed by atoms with E-state index in [1.165, 1.54) is 0 Å². The van der Waals surface area contributed by atoms with Gasteiger partial charge in [0.1, 0.15) is 6.10 Å². The van der Waals surface area contributed by atoms with Crippen molar-refractivity contribution in [2.75, 3.05) is 13.7 Å². The van der Waals surface area contributed by atoms with E-state index in [2.05, 4.69) is 6.58 Å². The predicted molar refractivity (Wildman–Crippen MR) is 71.2 cm³/mol. The van der Waals surface area contributed by atoms with E-state index >= 15 is 0 Å². The molecule has 0 aromatic carbocycles. The van der Waals surface area contributed by atoms with Gasteiger partial charge < -0.3 is 14.6 Å². The van der Waals surface area contributed by atoms with Gasteiger partial charge in [-0.3, -0.25) is 0 Å². The number of aliphatic hydroxyl groups is 1. The number of carbonyl (C=O) groups is 1. The molecule has 0 aliphatic heterocycles. The van der Waals surface area contributed by atoms with Crippen LogP contribution in [0.5, 0.6) is 0 Å². The summed E-state index contributed by atoms with van der Waals surface area (Å²) in [5.41, 5.74) is 1.25. The molecular weight excluding hydrogens is 232 g/mol. The summed E-state index contributed by atoms with van der Waals surface area (Å²) >= 11 is 0. The van der Waals surface area contributed by atoms with Gasteiger partial charge in [-0.2, -0.15) is 0 Å². The number of methoxy groups -OCH3 is 1. The zero-order chi connectivity index (χ0) is 14.1. The van der Waals surface area contributed by atoms with Gasteiger partial charge in [0.25, 0.3) is 0 Å². The van der Waals surface area contributed by atoms with Crippen LogP contribution in [0, 0.1) is 0 Å².